The van der Waals surface area contributed by atoms with Crippen LogP contribution in [0, 0.1) is 5.82 Å². The second kappa shape index (κ2) is 7.96. The van der Waals surface area contributed by atoms with E-state index in [4.69, 9.17) is 23.2 Å². The molecule has 0 spiro atoms. The summed E-state index contributed by atoms with van der Waals surface area (Å²) in [6, 6.07) is 11.1. The number of amides is 2. The van der Waals surface area contributed by atoms with Crippen LogP contribution in [-0.4, -0.2) is 47.8 Å². The van der Waals surface area contributed by atoms with Crippen molar-refractivity contribution in [2.24, 2.45) is 0 Å². The van der Waals surface area contributed by atoms with Gasteiger partial charge >= 0.3 is 0 Å². The SMILES string of the molecule is O=C(c1cc(Cl)cc(Cl)c1)N1CCN(C(=O)C2(c3cccc(F)c3)CCC2)CC1. The molecular weight excluding hydrogens is 414 g/mol. The van der Waals surface area contributed by atoms with Crippen LogP contribution in [0.1, 0.15) is 35.2 Å². The van der Waals surface area contributed by atoms with Gasteiger partial charge in [0.2, 0.25) is 5.91 Å². The average Bonchev–Trinajstić information content (AvgIpc) is 2.66. The lowest BCUT2D eigenvalue weighted by atomic mass is 9.63. The second-order valence-corrected chi connectivity index (χ2v) is 8.56. The number of nitrogens with zero attached hydrogens (tertiary/aromatic N) is 2. The van der Waals surface area contributed by atoms with Gasteiger partial charge in [0.15, 0.2) is 0 Å². The molecule has 152 valence electrons. The zero-order chi connectivity index (χ0) is 20.6. The van der Waals surface area contributed by atoms with Gasteiger partial charge in [-0.05, 0) is 48.7 Å². The molecule has 0 radical (unpaired) electrons. The van der Waals surface area contributed by atoms with E-state index in [1.165, 1.54) is 12.1 Å². The molecule has 7 heteroatoms. The van der Waals surface area contributed by atoms with E-state index in [0.717, 1.165) is 24.8 Å². The van der Waals surface area contributed by atoms with E-state index in [-0.39, 0.29) is 17.6 Å². The summed E-state index contributed by atoms with van der Waals surface area (Å²) in [6.07, 6.45) is 2.42. The maximum atomic E-state index is 13.7. The van der Waals surface area contributed by atoms with Gasteiger partial charge < -0.3 is 9.80 Å². The van der Waals surface area contributed by atoms with Gasteiger partial charge in [-0.25, -0.2) is 4.39 Å². The zero-order valence-corrected chi connectivity index (χ0v) is 17.3. The second-order valence-electron chi connectivity index (χ2n) is 7.69. The predicted molar refractivity (Wildman–Crippen MR) is 111 cm³/mol. The van der Waals surface area contributed by atoms with E-state index in [9.17, 15) is 14.0 Å². The quantitative estimate of drug-likeness (QED) is 0.711. The monoisotopic (exact) mass is 434 g/mol. The maximum Gasteiger partial charge on any atom is 0.254 e. The number of carbonyl (C=O) groups is 2. The summed E-state index contributed by atoms with van der Waals surface area (Å²) in [5, 5.41) is 0.827. The molecular formula is C22H21Cl2FN2O2. The number of carbonyl (C=O) groups excluding carboxylic acids is 2. The first-order valence-corrected chi connectivity index (χ1v) is 10.5. The Morgan fingerprint density at radius 3 is 2.07 bits per heavy atom. The summed E-state index contributed by atoms with van der Waals surface area (Å²) in [6.45, 7) is 1.79. The van der Waals surface area contributed by atoms with Crippen LogP contribution in [0.3, 0.4) is 0 Å². The van der Waals surface area contributed by atoms with Crippen molar-refractivity contribution in [3.63, 3.8) is 0 Å². The first-order valence-electron chi connectivity index (χ1n) is 9.70. The molecule has 0 atom stereocenters. The molecule has 1 heterocycles. The molecule has 2 amide bonds. The lowest BCUT2D eigenvalue weighted by molar-refractivity contribution is -0.142. The van der Waals surface area contributed by atoms with E-state index >= 15 is 0 Å². The zero-order valence-electron chi connectivity index (χ0n) is 15.8. The Bertz CT molecular complexity index is 933. The standard InChI is InChI=1S/C22H21Cl2FN2O2/c23-17-11-15(12-18(24)14-17)20(28)26-7-9-27(10-8-26)21(29)22(5-2-6-22)16-3-1-4-19(25)13-16/h1,3-4,11-14H,2,5-10H2. The molecule has 0 aromatic heterocycles. The third-order valence-electron chi connectivity index (χ3n) is 5.96. The molecule has 1 saturated carbocycles. The smallest absolute Gasteiger partial charge is 0.254 e. The summed E-state index contributed by atoms with van der Waals surface area (Å²) in [7, 11) is 0. The van der Waals surface area contributed by atoms with Crippen molar-refractivity contribution in [3.05, 3.63) is 69.5 Å². The molecule has 4 rings (SSSR count). The minimum Gasteiger partial charge on any atom is -0.338 e. The van der Waals surface area contributed by atoms with Crippen molar-refractivity contribution in [3.8, 4) is 0 Å². The summed E-state index contributed by atoms with van der Waals surface area (Å²) in [5.41, 5.74) is 0.563. The van der Waals surface area contributed by atoms with E-state index in [1.807, 2.05) is 6.07 Å². The van der Waals surface area contributed by atoms with E-state index in [0.29, 0.717) is 41.8 Å². The van der Waals surface area contributed by atoms with Gasteiger partial charge in [0, 0.05) is 41.8 Å². The molecule has 4 nitrogen and oxygen atoms in total. The third kappa shape index (κ3) is 3.86. The fourth-order valence-corrected chi connectivity index (χ4v) is 4.74. The van der Waals surface area contributed by atoms with Gasteiger partial charge in [-0.1, -0.05) is 41.8 Å². The number of rotatable bonds is 3. The van der Waals surface area contributed by atoms with Crippen molar-refractivity contribution in [2.75, 3.05) is 26.2 Å². The minimum absolute atomic E-state index is 0.0345. The molecule has 2 aromatic carbocycles. The Labute approximate surface area is 179 Å². The van der Waals surface area contributed by atoms with Crippen LogP contribution in [0.4, 0.5) is 4.39 Å². The summed E-state index contributed by atoms with van der Waals surface area (Å²) in [4.78, 5) is 29.6. The Morgan fingerprint density at radius 1 is 0.897 bits per heavy atom. The van der Waals surface area contributed by atoms with Crippen LogP contribution in [0.5, 0.6) is 0 Å². The van der Waals surface area contributed by atoms with Crippen LogP contribution in [0.25, 0.3) is 0 Å². The fraction of sp³-hybridized carbons (Fsp3) is 0.364. The predicted octanol–water partition coefficient (Wildman–Crippen LogP) is 4.54. The molecule has 1 saturated heterocycles. The Kier molecular flexibility index (Phi) is 5.54. The molecule has 1 aliphatic heterocycles. The fourth-order valence-electron chi connectivity index (χ4n) is 4.22. The Balaban J connectivity index is 1.45. The molecule has 0 bridgehead atoms. The first-order chi connectivity index (χ1) is 13.9. The van der Waals surface area contributed by atoms with Crippen molar-refractivity contribution >= 4 is 35.0 Å². The van der Waals surface area contributed by atoms with Crippen LogP contribution in [0.2, 0.25) is 10.0 Å². The highest BCUT2D eigenvalue weighted by Crippen LogP contribution is 2.45. The number of hydrogen-bond acceptors (Lipinski definition) is 2. The van der Waals surface area contributed by atoms with E-state index < -0.39 is 5.41 Å². The molecule has 29 heavy (non-hydrogen) atoms. The van der Waals surface area contributed by atoms with Gasteiger partial charge in [-0.15, -0.1) is 0 Å². The Hall–Kier alpha value is -2.11. The van der Waals surface area contributed by atoms with Crippen LogP contribution in [-0.2, 0) is 10.2 Å². The van der Waals surface area contributed by atoms with Crippen molar-refractivity contribution in [1.29, 1.82) is 0 Å². The van der Waals surface area contributed by atoms with Crippen molar-refractivity contribution in [2.45, 2.75) is 24.7 Å². The molecule has 2 fully saturated rings. The lowest BCUT2D eigenvalue weighted by Crippen LogP contribution is -2.57. The topological polar surface area (TPSA) is 40.6 Å². The number of benzene rings is 2. The van der Waals surface area contributed by atoms with Gasteiger partial charge in [-0.2, -0.15) is 0 Å². The third-order valence-corrected chi connectivity index (χ3v) is 6.39. The Morgan fingerprint density at radius 2 is 1.52 bits per heavy atom. The minimum atomic E-state index is -0.630. The van der Waals surface area contributed by atoms with Gasteiger partial charge in [-0.3, -0.25) is 9.59 Å². The molecule has 1 aliphatic carbocycles. The first kappa shape index (κ1) is 20.2. The van der Waals surface area contributed by atoms with Gasteiger partial charge in [0.25, 0.3) is 5.91 Å². The van der Waals surface area contributed by atoms with Gasteiger partial charge in [0.05, 0.1) is 5.41 Å². The average molecular weight is 435 g/mol. The number of piperazine rings is 1. The summed E-state index contributed by atoms with van der Waals surface area (Å²) < 4.78 is 13.7. The van der Waals surface area contributed by atoms with Crippen LogP contribution < -0.4 is 0 Å². The van der Waals surface area contributed by atoms with E-state index in [1.54, 1.807) is 34.1 Å². The molecule has 0 unspecified atom stereocenters. The number of hydrogen-bond donors (Lipinski definition) is 0. The molecule has 0 N–H and O–H groups in total. The van der Waals surface area contributed by atoms with Crippen molar-refractivity contribution in [1.82, 2.24) is 9.80 Å². The highest BCUT2D eigenvalue weighted by Gasteiger charge is 2.48. The normalized spacial score (nSPS) is 18.3. The van der Waals surface area contributed by atoms with Crippen LogP contribution >= 0.6 is 23.2 Å². The highest BCUT2D eigenvalue weighted by molar-refractivity contribution is 6.35. The highest BCUT2D eigenvalue weighted by atomic mass is 35.5. The van der Waals surface area contributed by atoms with E-state index in [2.05, 4.69) is 0 Å². The van der Waals surface area contributed by atoms with Crippen molar-refractivity contribution < 1.29 is 14.0 Å². The summed E-state index contributed by atoms with van der Waals surface area (Å²) in [5.74, 6) is -0.436. The maximum absolute atomic E-state index is 13.7. The largest absolute Gasteiger partial charge is 0.338 e. The van der Waals surface area contributed by atoms with Gasteiger partial charge in [0.1, 0.15) is 5.82 Å². The molecule has 2 aliphatic rings. The van der Waals surface area contributed by atoms with Crippen LogP contribution in [0.15, 0.2) is 42.5 Å². The number of halogens is 3. The molecule has 2 aromatic rings. The summed E-state index contributed by atoms with van der Waals surface area (Å²) >= 11 is 12.0. The lowest BCUT2D eigenvalue weighted by Gasteiger charge is -2.46.